The Kier molecular flexibility index (Phi) is 7.48. The van der Waals surface area contributed by atoms with Crippen molar-refractivity contribution in [2.24, 2.45) is 5.92 Å². The van der Waals surface area contributed by atoms with Crippen LogP contribution in [0.5, 0.6) is 0 Å². The molecule has 0 saturated heterocycles. The van der Waals surface area contributed by atoms with E-state index in [1.807, 2.05) is 18.2 Å². The molecule has 166 valence electrons. The molecule has 1 aliphatic heterocycles. The predicted molar refractivity (Wildman–Crippen MR) is 119 cm³/mol. The van der Waals surface area contributed by atoms with Crippen LogP contribution in [0.3, 0.4) is 0 Å². The van der Waals surface area contributed by atoms with Crippen LogP contribution in [0.25, 0.3) is 0 Å². The van der Waals surface area contributed by atoms with Gasteiger partial charge in [-0.2, -0.15) is 0 Å². The van der Waals surface area contributed by atoms with Gasteiger partial charge in [0, 0.05) is 31.6 Å². The number of hydrogen-bond acceptors (Lipinski definition) is 6. The van der Waals surface area contributed by atoms with E-state index in [1.54, 1.807) is 6.20 Å². The largest absolute Gasteiger partial charge is 0.480 e. The van der Waals surface area contributed by atoms with Crippen LogP contribution in [-0.2, 0) is 28.9 Å². The number of carboxylic acids is 1. The number of aryl methyl sites for hydroxylation is 2. The van der Waals surface area contributed by atoms with Gasteiger partial charge < -0.3 is 15.2 Å². The molecule has 0 aromatic carbocycles. The van der Waals surface area contributed by atoms with E-state index in [4.69, 9.17) is 9.72 Å². The number of rotatable bonds is 11. The monoisotopic (exact) mass is 424 g/mol. The summed E-state index contributed by atoms with van der Waals surface area (Å²) in [7, 11) is 0. The van der Waals surface area contributed by atoms with Gasteiger partial charge in [-0.1, -0.05) is 12.1 Å². The minimum atomic E-state index is -0.849. The summed E-state index contributed by atoms with van der Waals surface area (Å²) < 4.78 is 5.92. The van der Waals surface area contributed by atoms with Crippen molar-refractivity contribution in [1.82, 2.24) is 15.3 Å². The third-order valence-corrected chi connectivity index (χ3v) is 6.27. The Morgan fingerprint density at radius 1 is 1.26 bits per heavy atom. The Labute approximate surface area is 183 Å². The van der Waals surface area contributed by atoms with Crippen LogP contribution in [0.15, 0.2) is 36.5 Å². The lowest BCUT2D eigenvalue weighted by Crippen LogP contribution is -2.38. The Morgan fingerprint density at radius 3 is 2.97 bits per heavy atom. The Hall–Kier alpha value is -2.51. The second kappa shape index (κ2) is 10.7. The molecule has 4 rings (SSSR count). The number of ether oxygens (including phenoxy) is 1. The summed E-state index contributed by atoms with van der Waals surface area (Å²) in [6, 6.07) is 9.39. The molecule has 2 aliphatic rings. The molecule has 0 amide bonds. The first-order chi connectivity index (χ1) is 15.2. The summed E-state index contributed by atoms with van der Waals surface area (Å²) in [6.45, 7) is 1.92. The normalized spacial score (nSPS) is 20.9. The molecular weight excluding hydrogens is 392 g/mol. The fourth-order valence-electron chi connectivity index (χ4n) is 4.30. The number of carboxylic acid groups (broad SMARTS) is 1. The van der Waals surface area contributed by atoms with Crippen LogP contribution in [0.1, 0.15) is 49.1 Å². The van der Waals surface area contributed by atoms with Gasteiger partial charge in [0.1, 0.15) is 11.9 Å². The van der Waals surface area contributed by atoms with Gasteiger partial charge in [0.05, 0.1) is 11.8 Å². The molecule has 7 nitrogen and oxygen atoms in total. The lowest BCUT2D eigenvalue weighted by Gasteiger charge is -2.35. The lowest BCUT2D eigenvalue weighted by atomic mass is 9.79. The molecule has 7 heteroatoms. The van der Waals surface area contributed by atoms with E-state index < -0.39 is 12.0 Å². The molecular formula is C24H32N4O3. The Morgan fingerprint density at radius 2 is 2.16 bits per heavy atom. The number of carbonyl (C=O) groups is 1. The topological polar surface area (TPSA) is 96.4 Å². The van der Waals surface area contributed by atoms with Crippen molar-refractivity contribution in [1.29, 1.82) is 0 Å². The number of hydrogen-bond donors (Lipinski definition) is 3. The molecule has 0 radical (unpaired) electrons. The zero-order valence-corrected chi connectivity index (χ0v) is 17.9. The van der Waals surface area contributed by atoms with E-state index in [-0.39, 0.29) is 6.10 Å². The molecule has 1 atom stereocenters. The molecule has 31 heavy (non-hydrogen) atoms. The minimum Gasteiger partial charge on any atom is -0.480 e. The van der Waals surface area contributed by atoms with Crippen molar-refractivity contribution in [2.75, 3.05) is 18.5 Å². The lowest BCUT2D eigenvalue weighted by molar-refractivity contribution is -0.140. The highest BCUT2D eigenvalue weighted by Crippen LogP contribution is 2.34. The molecule has 0 unspecified atom stereocenters. The van der Waals surface area contributed by atoms with E-state index in [1.165, 1.54) is 17.7 Å². The zero-order valence-electron chi connectivity index (χ0n) is 17.9. The highest BCUT2D eigenvalue weighted by molar-refractivity contribution is 5.73. The smallest absolute Gasteiger partial charge is 0.320 e. The first-order valence-electron chi connectivity index (χ1n) is 11.4. The quantitative estimate of drug-likeness (QED) is 0.510. The summed E-state index contributed by atoms with van der Waals surface area (Å²) in [5.41, 5.74) is 3.34. The number of fused-ring (bicyclic) bond motifs is 1. The summed E-state index contributed by atoms with van der Waals surface area (Å²) >= 11 is 0. The Bertz CT molecular complexity index is 855. The average molecular weight is 425 g/mol. The highest BCUT2D eigenvalue weighted by atomic mass is 16.5. The van der Waals surface area contributed by atoms with Gasteiger partial charge in [-0.25, -0.2) is 4.98 Å². The molecule has 2 aromatic heterocycles. The zero-order chi connectivity index (χ0) is 21.5. The van der Waals surface area contributed by atoms with Gasteiger partial charge in [-0.05, 0) is 74.6 Å². The van der Waals surface area contributed by atoms with Gasteiger partial charge in [-0.3, -0.25) is 15.1 Å². The molecule has 1 saturated carbocycles. The van der Waals surface area contributed by atoms with Crippen molar-refractivity contribution in [3.63, 3.8) is 0 Å². The maximum Gasteiger partial charge on any atom is 0.320 e. The van der Waals surface area contributed by atoms with Crippen LogP contribution in [0.2, 0.25) is 0 Å². The molecule has 0 spiro atoms. The van der Waals surface area contributed by atoms with E-state index in [0.29, 0.717) is 25.5 Å². The number of nitrogens with zero attached hydrogens (tertiary/aromatic N) is 2. The van der Waals surface area contributed by atoms with Gasteiger partial charge in [0.2, 0.25) is 0 Å². The molecule has 3 N–H and O–H groups in total. The van der Waals surface area contributed by atoms with E-state index in [0.717, 1.165) is 50.2 Å². The Balaban J connectivity index is 1.11. The molecule has 3 heterocycles. The average Bonchev–Trinajstić information content (AvgIpc) is 2.77. The van der Waals surface area contributed by atoms with Gasteiger partial charge in [0.25, 0.3) is 0 Å². The summed E-state index contributed by atoms with van der Waals surface area (Å²) in [4.78, 5) is 20.5. The number of aromatic nitrogens is 2. The maximum absolute atomic E-state index is 11.5. The van der Waals surface area contributed by atoms with Crippen LogP contribution in [0.4, 0.5) is 5.82 Å². The fourth-order valence-corrected chi connectivity index (χ4v) is 4.30. The van der Waals surface area contributed by atoms with E-state index in [9.17, 15) is 9.90 Å². The van der Waals surface area contributed by atoms with Gasteiger partial charge in [-0.15, -0.1) is 0 Å². The SMILES string of the molecule is O=C(O)[C@H](CCO[C@H]1C[C@@H](CCc2ccc3c(n2)NCCC3)C1)NCc1ccccn1. The molecule has 1 fully saturated rings. The van der Waals surface area contributed by atoms with Crippen LogP contribution < -0.4 is 10.6 Å². The first-order valence-corrected chi connectivity index (χ1v) is 11.4. The number of aliphatic carboxylic acids is 1. The number of pyridine rings is 2. The van der Waals surface area contributed by atoms with Crippen LogP contribution >= 0.6 is 0 Å². The third-order valence-electron chi connectivity index (χ3n) is 6.27. The number of nitrogens with one attached hydrogen (secondary N) is 2. The standard InChI is InChI=1S/C24H32N4O3/c29-24(30)22(27-16-20-5-1-2-11-25-20)10-13-31-21-14-17(15-21)6-8-19-9-7-18-4-3-12-26-23(18)28-19/h1-2,5,7,9,11,17,21-22,27H,3-4,6,8,10,12-16H2,(H,26,28)(H,29,30)/t17-,21+,22-/m0/s1. The molecule has 2 aromatic rings. The van der Waals surface area contributed by atoms with Gasteiger partial charge >= 0.3 is 5.97 Å². The fraction of sp³-hybridized carbons (Fsp3) is 0.542. The van der Waals surface area contributed by atoms with E-state index in [2.05, 4.69) is 27.8 Å². The summed E-state index contributed by atoms with van der Waals surface area (Å²) in [6.07, 6.45) is 8.98. The van der Waals surface area contributed by atoms with Crippen molar-refractivity contribution >= 4 is 11.8 Å². The summed E-state index contributed by atoms with van der Waals surface area (Å²) in [5, 5.41) is 15.9. The van der Waals surface area contributed by atoms with Crippen LogP contribution in [0, 0.1) is 5.92 Å². The minimum absolute atomic E-state index is 0.258. The van der Waals surface area contributed by atoms with Gasteiger partial charge in [0.15, 0.2) is 0 Å². The highest BCUT2D eigenvalue weighted by Gasteiger charge is 2.30. The van der Waals surface area contributed by atoms with Crippen molar-refractivity contribution in [3.05, 3.63) is 53.5 Å². The molecule has 1 aliphatic carbocycles. The second-order valence-corrected chi connectivity index (χ2v) is 8.59. The maximum atomic E-state index is 11.5. The number of anilines is 1. The summed E-state index contributed by atoms with van der Waals surface area (Å²) in [5.74, 6) is 0.898. The van der Waals surface area contributed by atoms with Crippen molar-refractivity contribution in [3.8, 4) is 0 Å². The molecule has 0 bridgehead atoms. The van der Waals surface area contributed by atoms with E-state index >= 15 is 0 Å². The van der Waals surface area contributed by atoms with Crippen molar-refractivity contribution in [2.45, 2.75) is 63.6 Å². The van der Waals surface area contributed by atoms with Crippen LogP contribution in [-0.4, -0.2) is 46.3 Å². The van der Waals surface area contributed by atoms with Crippen molar-refractivity contribution < 1.29 is 14.6 Å². The second-order valence-electron chi connectivity index (χ2n) is 8.59. The first kappa shape index (κ1) is 21.7. The third kappa shape index (κ3) is 6.24. The predicted octanol–water partition coefficient (Wildman–Crippen LogP) is 3.20.